The normalized spacial score (nSPS) is 10.5. The van der Waals surface area contributed by atoms with E-state index in [2.05, 4.69) is 0 Å². The quantitative estimate of drug-likeness (QED) is 0.286. The van der Waals surface area contributed by atoms with Gasteiger partial charge in [0.2, 0.25) is 5.43 Å². The largest absolute Gasteiger partial charge is 1.00 e. The van der Waals surface area contributed by atoms with Gasteiger partial charge in [-0.05, 0) is 43.2 Å². The van der Waals surface area contributed by atoms with Crippen molar-refractivity contribution < 1.29 is 44.9 Å². The van der Waals surface area contributed by atoms with E-state index < -0.39 is 5.97 Å². The Kier molecular flexibility index (Phi) is 4.75. The summed E-state index contributed by atoms with van der Waals surface area (Å²) in [6, 6.07) is 8.62. The van der Waals surface area contributed by atoms with Crippen molar-refractivity contribution in [3.05, 3.63) is 51.7 Å². The zero-order valence-electron chi connectivity index (χ0n) is 14.0. The second-order valence-electron chi connectivity index (χ2n) is 5.04. The molecule has 0 aliphatic carbocycles. The van der Waals surface area contributed by atoms with E-state index in [4.69, 9.17) is 9.15 Å². The molecule has 0 amide bonds. The molecule has 0 radical (unpaired) electrons. The summed E-state index contributed by atoms with van der Waals surface area (Å²) in [7, 11) is 0. The number of para-hydroxylation sites is 1. The molecule has 0 fully saturated rings. The minimum Gasteiger partial charge on any atom is -1.00 e. The average molecular weight is 306 g/mol. The predicted octanol–water partition coefficient (Wildman–Crippen LogP) is 0.605. The van der Waals surface area contributed by atoms with Crippen molar-refractivity contribution in [3.63, 3.8) is 0 Å². The molecule has 0 atom stereocenters. The number of fused-ring (bicyclic) bond motifs is 2. The van der Waals surface area contributed by atoms with Crippen molar-refractivity contribution in [1.82, 2.24) is 0 Å². The summed E-state index contributed by atoms with van der Waals surface area (Å²) in [5.74, 6) is -0.189. The summed E-state index contributed by atoms with van der Waals surface area (Å²) >= 11 is 0. The van der Waals surface area contributed by atoms with Crippen LogP contribution in [0.3, 0.4) is 0 Å². The van der Waals surface area contributed by atoms with E-state index in [-0.39, 0.29) is 42.2 Å². The Hall–Kier alpha value is -1.62. The third kappa shape index (κ3) is 2.70. The van der Waals surface area contributed by atoms with Gasteiger partial charge in [-0.2, -0.15) is 0 Å². The van der Waals surface area contributed by atoms with Gasteiger partial charge in [-0.3, -0.25) is 9.59 Å². The molecular weight excluding hydrogens is 291 g/mol. The zero-order valence-corrected chi connectivity index (χ0v) is 15.0. The van der Waals surface area contributed by atoms with Crippen LogP contribution in [0.5, 0.6) is 5.75 Å². The second-order valence-corrected chi connectivity index (χ2v) is 5.04. The Labute approximate surface area is 150 Å². The van der Waals surface area contributed by atoms with Crippen LogP contribution in [0.4, 0.5) is 0 Å². The fraction of sp³-hybridized carbons (Fsp3) is 0.176. The molecule has 0 spiro atoms. The van der Waals surface area contributed by atoms with Gasteiger partial charge in [0.1, 0.15) is 5.58 Å². The van der Waals surface area contributed by atoms with E-state index in [0.717, 1.165) is 11.1 Å². The van der Waals surface area contributed by atoms with Crippen LogP contribution < -0.4 is 39.7 Å². The summed E-state index contributed by atoms with van der Waals surface area (Å²) in [5.41, 5.74) is 2.66. The number of carbonyl (C=O) groups excluding carboxylic acids is 1. The van der Waals surface area contributed by atoms with Crippen molar-refractivity contribution in [2.24, 2.45) is 0 Å². The maximum atomic E-state index is 12.6. The number of ether oxygens (including phenoxy) is 1. The third-order valence-corrected chi connectivity index (χ3v) is 3.60. The van der Waals surface area contributed by atoms with Gasteiger partial charge in [0.25, 0.3) is 0 Å². The average Bonchev–Trinajstić information content (AvgIpc) is 2.44. The number of aryl methyl sites for hydroxylation is 2. The van der Waals surface area contributed by atoms with E-state index in [1.807, 2.05) is 19.9 Å². The number of hydrogen-bond acceptors (Lipinski definition) is 4. The molecule has 3 aromatic rings. The molecule has 1 heterocycles. The minimum absolute atomic E-state index is 0. The number of esters is 1. The molecule has 1 aromatic heterocycles. The summed E-state index contributed by atoms with van der Waals surface area (Å²) in [4.78, 5) is 23.8. The topological polar surface area (TPSA) is 56.5 Å². The Morgan fingerprint density at radius 1 is 1.09 bits per heavy atom. The zero-order chi connectivity index (χ0) is 15.1. The van der Waals surface area contributed by atoms with Crippen LogP contribution in [0, 0.1) is 13.8 Å². The fourth-order valence-electron chi connectivity index (χ4n) is 2.38. The van der Waals surface area contributed by atoms with Gasteiger partial charge in [0.05, 0.1) is 10.8 Å². The molecule has 4 nitrogen and oxygen atoms in total. The maximum absolute atomic E-state index is 12.6. The van der Waals surface area contributed by atoms with E-state index in [1.165, 1.54) is 6.92 Å². The van der Waals surface area contributed by atoms with Crippen LogP contribution in [0.1, 0.15) is 19.5 Å². The van der Waals surface area contributed by atoms with Crippen LogP contribution in [-0.4, -0.2) is 5.97 Å². The molecule has 0 aliphatic heterocycles. The van der Waals surface area contributed by atoms with Gasteiger partial charge in [0.15, 0.2) is 11.3 Å². The van der Waals surface area contributed by atoms with Crippen molar-refractivity contribution >= 4 is 27.9 Å². The second kappa shape index (κ2) is 6.24. The molecule has 108 valence electrons. The number of rotatable bonds is 1. The Balaban J connectivity index is 0.00000132. The van der Waals surface area contributed by atoms with Gasteiger partial charge in [0, 0.05) is 6.92 Å². The van der Waals surface area contributed by atoms with E-state index in [9.17, 15) is 9.59 Å². The molecule has 2 aromatic carbocycles. The number of benzene rings is 2. The molecule has 0 bridgehead atoms. The molecule has 0 aliphatic rings. The van der Waals surface area contributed by atoms with Crippen molar-refractivity contribution in [3.8, 4) is 5.75 Å². The van der Waals surface area contributed by atoms with E-state index >= 15 is 0 Å². The van der Waals surface area contributed by atoms with Crippen molar-refractivity contribution in [2.75, 3.05) is 0 Å². The van der Waals surface area contributed by atoms with Gasteiger partial charge >= 0.3 is 35.5 Å². The molecule has 0 saturated heterocycles. The summed E-state index contributed by atoms with van der Waals surface area (Å²) < 4.78 is 11.0. The fourth-order valence-corrected chi connectivity index (χ4v) is 2.38. The Morgan fingerprint density at radius 2 is 1.77 bits per heavy atom. The van der Waals surface area contributed by atoms with Crippen LogP contribution in [0.2, 0.25) is 0 Å². The molecule has 22 heavy (non-hydrogen) atoms. The number of hydrogen-bond donors (Lipinski definition) is 0. The van der Waals surface area contributed by atoms with Crippen LogP contribution >= 0.6 is 0 Å². The molecule has 5 heteroatoms. The molecule has 0 unspecified atom stereocenters. The maximum Gasteiger partial charge on any atom is 1.00 e. The standard InChI is InChI=1S/C17H14O4.Na.H/c1-9-7-8-13-15(19)12-5-4-6-14(20-11(3)18)17(12)21-16(13)10(9)2;;/h4-8H,1-3H3;;/q;+1;-1. The first kappa shape index (κ1) is 16.7. The summed E-state index contributed by atoms with van der Waals surface area (Å²) in [6.45, 7) is 5.17. The SMILES string of the molecule is CC(=O)Oc1cccc2c(=O)c3ccc(C)c(C)c3oc12.[H-].[Na+]. The van der Waals surface area contributed by atoms with Crippen LogP contribution in [0.15, 0.2) is 39.5 Å². The molecular formula is C17H15NaO4. The van der Waals surface area contributed by atoms with Crippen LogP contribution in [-0.2, 0) is 4.79 Å². The predicted molar refractivity (Wildman–Crippen MR) is 81.9 cm³/mol. The minimum atomic E-state index is -0.453. The van der Waals surface area contributed by atoms with Gasteiger partial charge in [-0.1, -0.05) is 12.1 Å². The first-order chi connectivity index (χ1) is 9.99. The van der Waals surface area contributed by atoms with Crippen LogP contribution in [0.25, 0.3) is 21.9 Å². The smallest absolute Gasteiger partial charge is 1.00 e. The summed E-state index contributed by atoms with van der Waals surface area (Å²) in [6.07, 6.45) is 0. The van der Waals surface area contributed by atoms with Crippen molar-refractivity contribution in [2.45, 2.75) is 20.8 Å². The Morgan fingerprint density at radius 3 is 2.45 bits per heavy atom. The first-order valence-electron chi connectivity index (χ1n) is 6.63. The third-order valence-electron chi connectivity index (χ3n) is 3.60. The van der Waals surface area contributed by atoms with Gasteiger partial charge in [-0.15, -0.1) is 0 Å². The molecule has 3 rings (SSSR count). The van der Waals surface area contributed by atoms with Gasteiger partial charge in [-0.25, -0.2) is 0 Å². The van der Waals surface area contributed by atoms with Crippen molar-refractivity contribution in [1.29, 1.82) is 0 Å². The van der Waals surface area contributed by atoms with Gasteiger partial charge < -0.3 is 10.6 Å². The summed E-state index contributed by atoms with van der Waals surface area (Å²) in [5, 5.41) is 0.940. The molecule has 0 N–H and O–H groups in total. The first-order valence-corrected chi connectivity index (χ1v) is 6.63. The van der Waals surface area contributed by atoms with E-state index in [0.29, 0.717) is 21.9 Å². The Bertz CT molecular complexity index is 947. The molecule has 0 saturated carbocycles. The monoisotopic (exact) mass is 306 g/mol. The number of carbonyl (C=O) groups is 1. The van der Waals surface area contributed by atoms with E-state index in [1.54, 1.807) is 24.3 Å².